The van der Waals surface area contributed by atoms with Crippen LogP contribution in [0.1, 0.15) is 0 Å². The van der Waals surface area contributed by atoms with Crippen molar-refractivity contribution in [1.82, 2.24) is 19.9 Å². The number of hydrogen-bond acceptors (Lipinski definition) is 7. The summed E-state index contributed by atoms with van der Waals surface area (Å²) in [6.07, 6.45) is 0. The van der Waals surface area contributed by atoms with Gasteiger partial charge in [-0.05, 0) is 0 Å². The molecule has 0 unspecified atom stereocenters. The molecule has 0 fully saturated rings. The van der Waals surface area contributed by atoms with Crippen molar-refractivity contribution in [2.45, 2.75) is 0 Å². The number of amides is 1. The van der Waals surface area contributed by atoms with Crippen LogP contribution in [-0.4, -0.2) is 67.5 Å². The van der Waals surface area contributed by atoms with Crippen molar-refractivity contribution in [3.8, 4) is 0 Å². The lowest BCUT2D eigenvalue weighted by atomic mass is 10.5. The summed E-state index contributed by atoms with van der Waals surface area (Å²) in [5, 5.41) is 5.72. The standard InChI is InChI=1S/C10H19N7O/c1-11-8-13-9(12-6-7(18)16(2)3)15-10(14-8)17(4)5/h6H2,1-5H3,(H2,11,12,13,14,15). The molecule has 0 bridgehead atoms. The van der Waals surface area contributed by atoms with E-state index in [9.17, 15) is 4.79 Å². The molecule has 18 heavy (non-hydrogen) atoms. The van der Waals surface area contributed by atoms with Crippen LogP contribution in [0.4, 0.5) is 17.8 Å². The molecule has 0 atom stereocenters. The van der Waals surface area contributed by atoms with Crippen LogP contribution in [-0.2, 0) is 4.79 Å². The summed E-state index contributed by atoms with van der Waals surface area (Å²) in [5.41, 5.74) is 0. The largest absolute Gasteiger partial charge is 0.357 e. The van der Waals surface area contributed by atoms with Gasteiger partial charge in [0.2, 0.25) is 23.8 Å². The molecule has 0 aliphatic carbocycles. The maximum atomic E-state index is 11.5. The zero-order valence-electron chi connectivity index (χ0n) is 11.4. The molecular formula is C10H19N7O. The summed E-state index contributed by atoms with van der Waals surface area (Å²) in [6.45, 7) is 0.146. The van der Waals surface area contributed by atoms with Gasteiger partial charge in [-0.25, -0.2) is 0 Å². The first-order valence-corrected chi connectivity index (χ1v) is 5.49. The van der Waals surface area contributed by atoms with E-state index in [-0.39, 0.29) is 12.5 Å². The van der Waals surface area contributed by atoms with Gasteiger partial charge in [0.05, 0.1) is 6.54 Å². The van der Waals surface area contributed by atoms with Gasteiger partial charge >= 0.3 is 0 Å². The SMILES string of the molecule is CNc1nc(NCC(=O)N(C)C)nc(N(C)C)n1. The Hall–Kier alpha value is -2.12. The molecule has 1 heterocycles. The van der Waals surface area contributed by atoms with Crippen molar-refractivity contribution < 1.29 is 4.79 Å². The molecule has 0 aliphatic rings. The van der Waals surface area contributed by atoms with Gasteiger partial charge in [-0.2, -0.15) is 15.0 Å². The average molecular weight is 253 g/mol. The minimum atomic E-state index is -0.0483. The highest BCUT2D eigenvalue weighted by atomic mass is 16.2. The fourth-order valence-electron chi connectivity index (χ4n) is 1.07. The zero-order valence-corrected chi connectivity index (χ0v) is 11.4. The first-order valence-electron chi connectivity index (χ1n) is 5.49. The van der Waals surface area contributed by atoms with Crippen molar-refractivity contribution in [3.63, 3.8) is 0 Å². The highest BCUT2D eigenvalue weighted by molar-refractivity contribution is 5.79. The summed E-state index contributed by atoms with van der Waals surface area (Å²) in [4.78, 5) is 27.2. The van der Waals surface area contributed by atoms with Crippen LogP contribution in [0.2, 0.25) is 0 Å². The number of aromatic nitrogens is 3. The summed E-state index contributed by atoms with van der Waals surface area (Å²) in [6, 6.07) is 0. The van der Waals surface area contributed by atoms with Crippen LogP contribution >= 0.6 is 0 Å². The van der Waals surface area contributed by atoms with E-state index in [1.807, 2.05) is 14.1 Å². The molecule has 0 aromatic carbocycles. The quantitative estimate of drug-likeness (QED) is 0.730. The number of nitrogens with one attached hydrogen (secondary N) is 2. The molecule has 8 heteroatoms. The fourth-order valence-corrected chi connectivity index (χ4v) is 1.07. The molecule has 0 spiro atoms. The summed E-state index contributed by atoms with van der Waals surface area (Å²) >= 11 is 0. The molecule has 1 aromatic rings. The minimum Gasteiger partial charge on any atom is -0.357 e. The first-order chi connectivity index (χ1) is 8.43. The second-order valence-electron chi connectivity index (χ2n) is 4.07. The van der Waals surface area contributed by atoms with Gasteiger partial charge in [0.25, 0.3) is 0 Å². The molecule has 8 nitrogen and oxygen atoms in total. The van der Waals surface area contributed by atoms with Crippen LogP contribution in [0.25, 0.3) is 0 Å². The van der Waals surface area contributed by atoms with E-state index in [1.165, 1.54) is 4.90 Å². The van der Waals surface area contributed by atoms with Crippen LogP contribution in [0.5, 0.6) is 0 Å². The molecular weight excluding hydrogens is 234 g/mol. The highest BCUT2D eigenvalue weighted by Gasteiger charge is 2.09. The molecule has 0 saturated carbocycles. The molecule has 0 radical (unpaired) electrons. The topological polar surface area (TPSA) is 86.3 Å². The van der Waals surface area contributed by atoms with Crippen LogP contribution in [0, 0.1) is 0 Å². The van der Waals surface area contributed by atoms with E-state index < -0.39 is 0 Å². The van der Waals surface area contributed by atoms with Crippen LogP contribution < -0.4 is 15.5 Å². The number of rotatable bonds is 5. The number of anilines is 3. The van der Waals surface area contributed by atoms with Gasteiger partial charge in [-0.3, -0.25) is 4.79 Å². The molecule has 100 valence electrons. The molecule has 1 amide bonds. The van der Waals surface area contributed by atoms with Crippen molar-refractivity contribution in [2.75, 3.05) is 57.3 Å². The van der Waals surface area contributed by atoms with Crippen molar-refractivity contribution in [3.05, 3.63) is 0 Å². The second-order valence-corrected chi connectivity index (χ2v) is 4.07. The number of carbonyl (C=O) groups excluding carboxylic acids is 1. The Labute approximate surface area is 106 Å². The molecule has 2 N–H and O–H groups in total. The van der Waals surface area contributed by atoms with Crippen molar-refractivity contribution in [2.24, 2.45) is 0 Å². The number of likely N-dealkylation sites (N-methyl/N-ethyl adjacent to an activating group) is 1. The molecule has 1 rings (SSSR count). The average Bonchev–Trinajstić information content (AvgIpc) is 2.35. The van der Waals surface area contributed by atoms with Gasteiger partial charge < -0.3 is 20.4 Å². The van der Waals surface area contributed by atoms with Crippen LogP contribution in [0.3, 0.4) is 0 Å². The third-order valence-electron chi connectivity index (χ3n) is 2.14. The molecule has 0 saturated heterocycles. The van der Waals surface area contributed by atoms with E-state index in [0.717, 1.165) is 0 Å². The van der Waals surface area contributed by atoms with Gasteiger partial charge in [-0.1, -0.05) is 0 Å². The van der Waals surface area contributed by atoms with E-state index >= 15 is 0 Å². The first kappa shape index (κ1) is 13.9. The van der Waals surface area contributed by atoms with Gasteiger partial charge in [0.1, 0.15) is 0 Å². The van der Waals surface area contributed by atoms with E-state index in [0.29, 0.717) is 17.8 Å². The highest BCUT2D eigenvalue weighted by Crippen LogP contribution is 2.10. The Balaban J connectivity index is 2.81. The Kier molecular flexibility index (Phi) is 4.64. The predicted octanol–water partition coefficient (Wildman–Crippen LogP) is -0.521. The summed E-state index contributed by atoms with van der Waals surface area (Å²) in [5.74, 6) is 1.30. The van der Waals surface area contributed by atoms with Gasteiger partial charge in [0.15, 0.2) is 0 Å². The monoisotopic (exact) mass is 253 g/mol. The maximum absolute atomic E-state index is 11.5. The van der Waals surface area contributed by atoms with Gasteiger partial charge in [0, 0.05) is 35.2 Å². The minimum absolute atomic E-state index is 0.0483. The molecule has 0 aliphatic heterocycles. The third-order valence-corrected chi connectivity index (χ3v) is 2.14. The predicted molar refractivity (Wildman–Crippen MR) is 70.9 cm³/mol. The van der Waals surface area contributed by atoms with Crippen molar-refractivity contribution in [1.29, 1.82) is 0 Å². The van der Waals surface area contributed by atoms with Crippen LogP contribution in [0.15, 0.2) is 0 Å². The normalized spacial score (nSPS) is 9.83. The number of carbonyl (C=O) groups is 1. The number of hydrogen-bond donors (Lipinski definition) is 2. The third kappa shape index (κ3) is 3.72. The Morgan fingerprint density at radius 2 is 1.72 bits per heavy atom. The Morgan fingerprint density at radius 1 is 1.11 bits per heavy atom. The lowest BCUT2D eigenvalue weighted by Gasteiger charge is -2.14. The smallest absolute Gasteiger partial charge is 0.241 e. The molecule has 1 aromatic heterocycles. The second kappa shape index (κ2) is 5.99. The lowest BCUT2D eigenvalue weighted by Crippen LogP contribution is -2.29. The lowest BCUT2D eigenvalue weighted by molar-refractivity contribution is -0.126. The zero-order chi connectivity index (χ0) is 13.7. The van der Waals surface area contributed by atoms with E-state index in [2.05, 4.69) is 25.6 Å². The fraction of sp³-hybridized carbons (Fsp3) is 0.600. The Bertz CT molecular complexity index is 419. The van der Waals surface area contributed by atoms with E-state index in [1.54, 1.807) is 26.0 Å². The van der Waals surface area contributed by atoms with Crippen molar-refractivity contribution >= 4 is 23.8 Å². The van der Waals surface area contributed by atoms with Gasteiger partial charge in [-0.15, -0.1) is 0 Å². The maximum Gasteiger partial charge on any atom is 0.241 e. The number of nitrogens with zero attached hydrogens (tertiary/aromatic N) is 5. The Morgan fingerprint density at radius 3 is 2.22 bits per heavy atom. The summed E-state index contributed by atoms with van der Waals surface area (Å²) < 4.78 is 0. The summed E-state index contributed by atoms with van der Waals surface area (Å²) in [7, 11) is 8.79. The van der Waals surface area contributed by atoms with E-state index in [4.69, 9.17) is 0 Å².